The van der Waals surface area contributed by atoms with Crippen molar-refractivity contribution in [2.24, 2.45) is 0 Å². The summed E-state index contributed by atoms with van der Waals surface area (Å²) >= 11 is 0. The average molecular weight is 432 g/mol. The molecule has 1 aliphatic heterocycles. The molecule has 160 valence electrons. The maximum Gasteiger partial charge on any atom is 0.261 e. The lowest BCUT2D eigenvalue weighted by Crippen LogP contribution is -2.48. The van der Waals surface area contributed by atoms with Crippen LogP contribution in [0.1, 0.15) is 31.1 Å². The molecule has 1 saturated heterocycles. The summed E-state index contributed by atoms with van der Waals surface area (Å²) in [5, 5.41) is 2.59. The van der Waals surface area contributed by atoms with E-state index in [1.807, 2.05) is 13.8 Å². The molecule has 2 N–H and O–H groups in total. The summed E-state index contributed by atoms with van der Waals surface area (Å²) in [7, 11) is -3.92. The Morgan fingerprint density at radius 1 is 1.00 bits per heavy atom. The minimum Gasteiger partial charge on any atom is -0.372 e. The molecule has 2 aromatic carbocycles. The van der Waals surface area contributed by atoms with Crippen LogP contribution in [0, 0.1) is 0 Å². The van der Waals surface area contributed by atoms with Crippen molar-refractivity contribution in [1.82, 2.24) is 4.90 Å². The number of para-hydroxylation sites is 1. The van der Waals surface area contributed by atoms with E-state index in [2.05, 4.69) is 10.0 Å². The number of ether oxygens (including phenoxy) is 1. The zero-order chi connectivity index (χ0) is 21.9. The number of benzene rings is 2. The highest BCUT2D eigenvalue weighted by Crippen LogP contribution is 2.24. The van der Waals surface area contributed by atoms with Gasteiger partial charge in [-0.2, -0.15) is 0 Å². The van der Waals surface area contributed by atoms with Crippen LogP contribution in [0.5, 0.6) is 0 Å². The molecule has 0 saturated carbocycles. The monoisotopic (exact) mass is 431 g/mol. The molecule has 1 heterocycles. The highest BCUT2D eigenvalue weighted by molar-refractivity contribution is 7.92. The van der Waals surface area contributed by atoms with Gasteiger partial charge in [-0.05, 0) is 50.2 Å². The van der Waals surface area contributed by atoms with Crippen molar-refractivity contribution in [3.05, 3.63) is 54.1 Å². The van der Waals surface area contributed by atoms with E-state index in [0.29, 0.717) is 18.8 Å². The topological polar surface area (TPSA) is 105 Å². The summed E-state index contributed by atoms with van der Waals surface area (Å²) in [6, 6.07) is 12.3. The normalized spacial score (nSPS) is 19.2. The Kier molecular flexibility index (Phi) is 6.42. The Hall–Kier alpha value is -2.91. The van der Waals surface area contributed by atoms with Crippen molar-refractivity contribution in [1.29, 1.82) is 0 Å². The average Bonchev–Trinajstić information content (AvgIpc) is 2.67. The first-order valence-corrected chi connectivity index (χ1v) is 11.1. The van der Waals surface area contributed by atoms with Gasteiger partial charge in [0.15, 0.2) is 0 Å². The maximum atomic E-state index is 13.1. The number of hydrogen-bond acceptors (Lipinski definition) is 5. The minimum atomic E-state index is -3.92. The first-order valence-electron chi connectivity index (χ1n) is 9.60. The van der Waals surface area contributed by atoms with E-state index in [-0.39, 0.29) is 40.2 Å². The molecule has 8 nitrogen and oxygen atoms in total. The van der Waals surface area contributed by atoms with Crippen LogP contribution in [-0.4, -0.2) is 50.4 Å². The molecule has 9 heteroatoms. The molecular weight excluding hydrogens is 406 g/mol. The van der Waals surface area contributed by atoms with E-state index in [4.69, 9.17) is 4.74 Å². The van der Waals surface area contributed by atoms with Crippen LogP contribution >= 0.6 is 0 Å². The van der Waals surface area contributed by atoms with Gasteiger partial charge in [0.05, 0.1) is 28.4 Å². The second kappa shape index (κ2) is 8.85. The molecule has 0 unspecified atom stereocenters. The molecule has 1 aliphatic rings. The molecule has 1 fully saturated rings. The molecule has 0 aliphatic carbocycles. The first-order chi connectivity index (χ1) is 14.2. The SMILES string of the molecule is CC(=O)Nc1ccc(S(=O)(=O)Nc2ccccc2C(=O)N2C[C@@H](C)O[C@H](C)C2)cc1. The summed E-state index contributed by atoms with van der Waals surface area (Å²) in [5.41, 5.74) is 0.977. The summed E-state index contributed by atoms with van der Waals surface area (Å²) in [6.07, 6.45) is -0.188. The predicted octanol–water partition coefficient (Wildman–Crippen LogP) is 2.70. The summed E-state index contributed by atoms with van der Waals surface area (Å²) in [4.78, 5) is 25.9. The van der Waals surface area contributed by atoms with Gasteiger partial charge >= 0.3 is 0 Å². The summed E-state index contributed by atoms with van der Waals surface area (Å²) in [5.74, 6) is -0.501. The van der Waals surface area contributed by atoms with E-state index >= 15 is 0 Å². The van der Waals surface area contributed by atoms with Gasteiger partial charge in [-0.25, -0.2) is 8.42 Å². The van der Waals surface area contributed by atoms with Crippen molar-refractivity contribution in [2.45, 2.75) is 37.9 Å². The highest BCUT2D eigenvalue weighted by atomic mass is 32.2. The van der Waals surface area contributed by atoms with Crippen LogP contribution < -0.4 is 10.0 Å². The van der Waals surface area contributed by atoms with Crippen LogP contribution in [0.15, 0.2) is 53.4 Å². The quantitative estimate of drug-likeness (QED) is 0.757. The number of sulfonamides is 1. The van der Waals surface area contributed by atoms with Gasteiger partial charge in [0.25, 0.3) is 15.9 Å². The summed E-state index contributed by atoms with van der Waals surface area (Å²) < 4.78 is 33.9. The van der Waals surface area contributed by atoms with E-state index in [9.17, 15) is 18.0 Å². The molecule has 30 heavy (non-hydrogen) atoms. The number of nitrogens with zero attached hydrogens (tertiary/aromatic N) is 1. The van der Waals surface area contributed by atoms with Crippen LogP contribution in [0.2, 0.25) is 0 Å². The smallest absolute Gasteiger partial charge is 0.261 e. The van der Waals surface area contributed by atoms with Crippen LogP contribution in [-0.2, 0) is 19.6 Å². The fourth-order valence-electron chi connectivity index (χ4n) is 3.40. The molecule has 0 radical (unpaired) electrons. The molecular formula is C21H25N3O5S. The van der Waals surface area contributed by atoms with Crippen molar-refractivity contribution >= 4 is 33.2 Å². The first kappa shape index (κ1) is 21.8. The molecule has 2 atom stereocenters. The van der Waals surface area contributed by atoms with Gasteiger partial charge in [0.1, 0.15) is 0 Å². The third-order valence-electron chi connectivity index (χ3n) is 4.59. The third-order valence-corrected chi connectivity index (χ3v) is 5.98. The van der Waals surface area contributed by atoms with E-state index in [1.54, 1.807) is 29.2 Å². The van der Waals surface area contributed by atoms with Crippen LogP contribution in [0.25, 0.3) is 0 Å². The highest BCUT2D eigenvalue weighted by Gasteiger charge is 2.28. The number of carbonyl (C=O) groups is 2. The number of rotatable bonds is 5. The number of amides is 2. The van der Waals surface area contributed by atoms with Crippen LogP contribution in [0.3, 0.4) is 0 Å². The number of nitrogens with one attached hydrogen (secondary N) is 2. The number of carbonyl (C=O) groups excluding carboxylic acids is 2. The maximum absolute atomic E-state index is 13.1. The van der Waals surface area contributed by atoms with Crippen molar-refractivity contribution < 1.29 is 22.7 Å². The lowest BCUT2D eigenvalue weighted by Gasteiger charge is -2.35. The van der Waals surface area contributed by atoms with Crippen molar-refractivity contribution in [3.8, 4) is 0 Å². The standard InChI is InChI=1S/C21H25N3O5S/c1-14-12-24(13-15(2)29-14)21(26)19-6-4-5-7-20(19)23-30(27,28)18-10-8-17(9-11-18)22-16(3)25/h4-11,14-15,23H,12-13H2,1-3H3,(H,22,25)/t14-,15-/m1/s1. The van der Waals surface area contributed by atoms with Gasteiger partial charge in [-0.3, -0.25) is 14.3 Å². The molecule has 3 rings (SSSR count). The Morgan fingerprint density at radius 2 is 1.60 bits per heavy atom. The number of anilines is 2. The van der Waals surface area contributed by atoms with Crippen LogP contribution in [0.4, 0.5) is 11.4 Å². The molecule has 0 spiro atoms. The van der Waals surface area contributed by atoms with Crippen molar-refractivity contribution in [2.75, 3.05) is 23.1 Å². The lowest BCUT2D eigenvalue weighted by atomic mass is 10.1. The van der Waals surface area contributed by atoms with Crippen molar-refractivity contribution in [3.63, 3.8) is 0 Å². The molecule has 2 amide bonds. The molecule has 0 aromatic heterocycles. The zero-order valence-electron chi connectivity index (χ0n) is 17.1. The third kappa shape index (κ3) is 5.17. The Balaban J connectivity index is 1.83. The number of hydrogen-bond donors (Lipinski definition) is 2. The molecule has 2 aromatic rings. The van der Waals surface area contributed by atoms with Gasteiger partial charge in [0.2, 0.25) is 5.91 Å². The Bertz CT molecular complexity index is 1030. The van der Waals surface area contributed by atoms with Gasteiger partial charge in [-0.15, -0.1) is 0 Å². The van der Waals surface area contributed by atoms with E-state index < -0.39 is 10.0 Å². The zero-order valence-corrected chi connectivity index (χ0v) is 17.9. The van der Waals surface area contributed by atoms with E-state index in [0.717, 1.165) is 0 Å². The predicted molar refractivity (Wildman–Crippen MR) is 114 cm³/mol. The van der Waals surface area contributed by atoms with Gasteiger partial charge < -0.3 is 15.0 Å². The molecule has 0 bridgehead atoms. The fraction of sp³-hybridized carbons (Fsp3) is 0.333. The van der Waals surface area contributed by atoms with Gasteiger partial charge in [0, 0.05) is 25.7 Å². The summed E-state index contributed by atoms with van der Waals surface area (Å²) in [6.45, 7) is 6.05. The Morgan fingerprint density at radius 3 is 2.20 bits per heavy atom. The fourth-order valence-corrected chi connectivity index (χ4v) is 4.48. The van der Waals surface area contributed by atoms with Gasteiger partial charge in [-0.1, -0.05) is 12.1 Å². The largest absolute Gasteiger partial charge is 0.372 e. The van der Waals surface area contributed by atoms with E-state index in [1.165, 1.54) is 31.2 Å². The Labute approximate surface area is 176 Å². The second-order valence-corrected chi connectivity index (χ2v) is 9.01. The lowest BCUT2D eigenvalue weighted by molar-refractivity contribution is -0.114. The number of morpholine rings is 1. The minimum absolute atomic E-state index is 0.0208. The second-order valence-electron chi connectivity index (χ2n) is 7.32.